The molecule has 2 aromatic heterocycles. The van der Waals surface area contributed by atoms with Crippen LogP contribution in [0.2, 0.25) is 0 Å². The number of sulfone groups is 1. The summed E-state index contributed by atoms with van der Waals surface area (Å²) in [5.41, 5.74) is 0.880. The lowest BCUT2D eigenvalue weighted by Crippen LogP contribution is -2.11. The summed E-state index contributed by atoms with van der Waals surface area (Å²) < 4.78 is 52.5. The molecule has 128 valence electrons. The summed E-state index contributed by atoms with van der Waals surface area (Å²) in [5.74, 6) is -0.0282. The van der Waals surface area contributed by atoms with Gasteiger partial charge in [-0.15, -0.1) is 22.7 Å². The number of thiazole rings is 1. The van der Waals surface area contributed by atoms with Crippen molar-refractivity contribution >= 4 is 74.4 Å². The first-order chi connectivity index (χ1) is 11.2. The number of nitrogens with one attached hydrogen (secondary N) is 1. The molecule has 2 heterocycles. The van der Waals surface area contributed by atoms with Crippen molar-refractivity contribution in [2.45, 2.75) is 15.5 Å². The smallest absolute Gasteiger partial charge is 0.271 e. The zero-order valence-corrected chi connectivity index (χ0v) is 17.0. The van der Waals surface area contributed by atoms with E-state index in [4.69, 9.17) is 0 Å². The van der Waals surface area contributed by atoms with Gasteiger partial charge in [0.2, 0.25) is 14.2 Å². The molecule has 0 saturated carbocycles. The first kappa shape index (κ1) is 17.8. The number of rotatable bonds is 5. The molecule has 0 atom stereocenters. The maximum atomic E-state index is 12.3. The minimum atomic E-state index is -3.68. The molecule has 0 aliphatic heterocycles. The number of fused-ring (bicyclic) bond motifs is 1. The van der Waals surface area contributed by atoms with Gasteiger partial charge in [0.1, 0.15) is 4.21 Å². The van der Waals surface area contributed by atoms with Crippen LogP contribution in [0, 0.1) is 0 Å². The Hall–Kier alpha value is -1.01. The maximum absolute atomic E-state index is 12.3. The molecule has 1 N–H and O–H groups in total. The second kappa shape index (κ2) is 6.37. The van der Waals surface area contributed by atoms with Crippen LogP contribution in [0.3, 0.4) is 0 Å². The van der Waals surface area contributed by atoms with E-state index in [9.17, 15) is 16.8 Å². The van der Waals surface area contributed by atoms with E-state index in [1.54, 1.807) is 31.2 Å². The van der Waals surface area contributed by atoms with E-state index in [2.05, 4.69) is 25.6 Å². The van der Waals surface area contributed by atoms with Crippen LogP contribution in [0.15, 0.2) is 42.7 Å². The Balaban J connectivity index is 1.97. The lowest BCUT2D eigenvalue weighted by atomic mass is 10.3. The minimum Gasteiger partial charge on any atom is -0.279 e. The van der Waals surface area contributed by atoms with Crippen molar-refractivity contribution in [3.8, 4) is 0 Å². The summed E-state index contributed by atoms with van der Waals surface area (Å²) in [6.45, 7) is 1.56. The first-order valence-corrected chi connectivity index (χ1v) is 12.2. The lowest BCUT2D eigenvalue weighted by Gasteiger charge is -2.05. The van der Waals surface area contributed by atoms with Crippen molar-refractivity contribution in [1.29, 1.82) is 0 Å². The molecule has 0 radical (unpaired) electrons. The average Bonchev–Trinajstić information content (AvgIpc) is 3.13. The second-order valence-electron chi connectivity index (χ2n) is 4.73. The van der Waals surface area contributed by atoms with E-state index in [-0.39, 0.29) is 14.3 Å². The quantitative estimate of drug-likeness (QED) is 0.618. The van der Waals surface area contributed by atoms with Crippen LogP contribution < -0.4 is 4.72 Å². The highest BCUT2D eigenvalue weighted by Gasteiger charge is 2.19. The second-order valence-corrected chi connectivity index (χ2v) is 12.6. The highest BCUT2D eigenvalue weighted by Crippen LogP contribution is 2.31. The molecule has 1 aromatic carbocycles. The predicted molar refractivity (Wildman–Crippen MR) is 100 cm³/mol. The van der Waals surface area contributed by atoms with Crippen molar-refractivity contribution in [2.24, 2.45) is 0 Å². The zero-order valence-electron chi connectivity index (χ0n) is 12.2. The molecule has 0 amide bonds. The Morgan fingerprint density at radius 1 is 1.12 bits per heavy atom. The van der Waals surface area contributed by atoms with Crippen LogP contribution in [-0.2, 0) is 19.9 Å². The Bertz CT molecular complexity index is 1120. The van der Waals surface area contributed by atoms with Crippen LogP contribution >= 0.6 is 38.6 Å². The summed E-state index contributed by atoms with van der Waals surface area (Å²) in [6, 6.07) is 7.91. The molecule has 0 unspecified atom stereocenters. The van der Waals surface area contributed by atoms with Crippen LogP contribution in [0.25, 0.3) is 10.2 Å². The number of hydrogen-bond donors (Lipinski definition) is 1. The number of halogens is 1. The largest absolute Gasteiger partial charge is 0.279 e. The number of thiophene rings is 1. The van der Waals surface area contributed by atoms with Gasteiger partial charge in [-0.25, -0.2) is 21.8 Å². The summed E-state index contributed by atoms with van der Waals surface area (Å²) >= 11 is 5.37. The van der Waals surface area contributed by atoms with Gasteiger partial charge in [0.05, 0.1) is 25.4 Å². The van der Waals surface area contributed by atoms with Crippen molar-refractivity contribution in [3.05, 3.63) is 34.1 Å². The molecule has 6 nitrogen and oxygen atoms in total. The third-order valence-corrected chi connectivity index (χ3v) is 9.79. The fourth-order valence-corrected chi connectivity index (χ4v) is 7.28. The van der Waals surface area contributed by atoms with Gasteiger partial charge < -0.3 is 0 Å². The molecule has 0 spiro atoms. The molecule has 0 saturated heterocycles. The van der Waals surface area contributed by atoms with Crippen molar-refractivity contribution in [3.63, 3.8) is 0 Å². The van der Waals surface area contributed by atoms with E-state index >= 15 is 0 Å². The van der Waals surface area contributed by atoms with Crippen molar-refractivity contribution < 1.29 is 16.8 Å². The highest BCUT2D eigenvalue weighted by atomic mass is 79.9. The number of anilines is 1. The molecular weight excluding hydrogens is 456 g/mol. The molecule has 11 heteroatoms. The first-order valence-electron chi connectivity index (χ1n) is 6.63. The van der Waals surface area contributed by atoms with Gasteiger partial charge in [-0.3, -0.25) is 4.72 Å². The third kappa shape index (κ3) is 3.49. The predicted octanol–water partition coefficient (Wildman–Crippen LogP) is 3.71. The normalized spacial score (nSPS) is 12.6. The van der Waals surface area contributed by atoms with Gasteiger partial charge in [0.25, 0.3) is 10.0 Å². The number of nitrogens with zero attached hydrogens (tertiary/aromatic N) is 1. The SMILES string of the molecule is CCS(=O)(=O)c1nc2ccc(NS(=O)(=O)c3ccc(Br)s3)cc2s1. The third-order valence-electron chi connectivity index (χ3n) is 3.08. The number of hydrogen-bond acceptors (Lipinski definition) is 7. The molecule has 0 aliphatic rings. The topological polar surface area (TPSA) is 93.2 Å². The van der Waals surface area contributed by atoms with Crippen LogP contribution in [-0.4, -0.2) is 27.6 Å². The number of aromatic nitrogens is 1. The summed E-state index contributed by atoms with van der Waals surface area (Å²) in [5, 5.41) is 0. The molecule has 3 aromatic rings. The Morgan fingerprint density at radius 2 is 1.88 bits per heavy atom. The van der Waals surface area contributed by atoms with E-state index < -0.39 is 19.9 Å². The molecular formula is C13H11BrN2O4S4. The summed E-state index contributed by atoms with van der Waals surface area (Å²) in [7, 11) is -7.07. The molecule has 3 rings (SSSR count). The standard InChI is InChI=1S/C13H11BrN2O4S4/c1-2-23(17,18)13-15-9-4-3-8(7-10(9)21-13)16-24(19,20)12-6-5-11(14)22-12/h3-7,16H,2H2,1H3. The Labute approximate surface area is 155 Å². The Kier molecular flexibility index (Phi) is 4.73. The zero-order chi connectivity index (χ0) is 17.5. The van der Waals surface area contributed by atoms with Crippen LogP contribution in [0.4, 0.5) is 5.69 Å². The van der Waals surface area contributed by atoms with E-state index in [0.717, 1.165) is 26.5 Å². The van der Waals surface area contributed by atoms with Crippen LogP contribution in [0.1, 0.15) is 6.92 Å². The average molecular weight is 467 g/mol. The van der Waals surface area contributed by atoms with Gasteiger partial charge in [-0.05, 0) is 46.3 Å². The minimum absolute atomic E-state index is 0.0282. The monoisotopic (exact) mass is 466 g/mol. The van der Waals surface area contributed by atoms with Gasteiger partial charge in [-0.2, -0.15) is 0 Å². The van der Waals surface area contributed by atoms with Crippen molar-refractivity contribution in [1.82, 2.24) is 4.98 Å². The highest BCUT2D eigenvalue weighted by molar-refractivity contribution is 9.11. The Morgan fingerprint density at radius 3 is 2.50 bits per heavy atom. The van der Waals surface area contributed by atoms with Gasteiger partial charge in [0, 0.05) is 0 Å². The fourth-order valence-electron chi connectivity index (χ4n) is 1.87. The molecule has 24 heavy (non-hydrogen) atoms. The maximum Gasteiger partial charge on any atom is 0.271 e. The van der Waals surface area contributed by atoms with Gasteiger partial charge >= 0.3 is 0 Å². The van der Waals surface area contributed by atoms with Crippen LogP contribution in [0.5, 0.6) is 0 Å². The lowest BCUT2D eigenvalue weighted by molar-refractivity contribution is 0.596. The molecule has 0 aliphatic carbocycles. The van der Waals surface area contributed by atoms with Gasteiger partial charge in [0.15, 0.2) is 0 Å². The number of sulfonamides is 1. The number of benzene rings is 1. The summed E-state index contributed by atoms with van der Waals surface area (Å²) in [4.78, 5) is 4.10. The molecule has 0 bridgehead atoms. The van der Waals surface area contributed by atoms with E-state index in [1.807, 2.05) is 0 Å². The van der Waals surface area contributed by atoms with E-state index in [1.165, 1.54) is 6.07 Å². The summed E-state index contributed by atoms with van der Waals surface area (Å²) in [6.07, 6.45) is 0. The van der Waals surface area contributed by atoms with E-state index in [0.29, 0.717) is 15.9 Å². The van der Waals surface area contributed by atoms with Gasteiger partial charge in [-0.1, -0.05) is 6.92 Å². The molecule has 0 fully saturated rings. The fraction of sp³-hybridized carbons (Fsp3) is 0.154. The van der Waals surface area contributed by atoms with Crippen molar-refractivity contribution in [2.75, 3.05) is 10.5 Å².